The molecule has 5 N–H and O–H groups in total. The molecule has 0 radical (unpaired) electrons. The van der Waals surface area contributed by atoms with Crippen molar-refractivity contribution in [3.05, 3.63) is 71.8 Å². The molecule has 1 aliphatic heterocycles. The Kier molecular flexibility index (Phi) is 13.9. The number of esters is 1. The molecule has 1 aliphatic rings. The highest BCUT2D eigenvalue weighted by molar-refractivity contribution is 5.74. The standard InChI is InChI=1S/C28H39NO11/c1-34-26(33)22(14-30)40-27(35-13-12-29)21(31)17-38-28-24(32)25(37-16-20-10-6-3-7-11-20)23(18-39-28)36-15-19-8-4-2-5-9-19/h2-11,21-25,27-28,30-32H,12-18,29H2,1H3. The number of aliphatic hydroxyl groups is 3. The Morgan fingerprint density at radius 2 is 1.65 bits per heavy atom. The van der Waals surface area contributed by atoms with Gasteiger partial charge in [-0.2, -0.15) is 0 Å². The largest absolute Gasteiger partial charge is 0.467 e. The van der Waals surface area contributed by atoms with Gasteiger partial charge in [-0.25, -0.2) is 4.79 Å². The summed E-state index contributed by atoms with van der Waals surface area (Å²) in [6.45, 7) is -0.412. The molecule has 0 bridgehead atoms. The van der Waals surface area contributed by atoms with Gasteiger partial charge in [0.05, 0.1) is 46.8 Å². The van der Waals surface area contributed by atoms with Crippen molar-refractivity contribution in [3.8, 4) is 0 Å². The van der Waals surface area contributed by atoms with Crippen molar-refractivity contribution in [3.63, 3.8) is 0 Å². The van der Waals surface area contributed by atoms with Gasteiger partial charge in [-0.05, 0) is 11.1 Å². The van der Waals surface area contributed by atoms with Crippen LogP contribution in [0.25, 0.3) is 0 Å². The number of carbonyl (C=O) groups is 1. The lowest BCUT2D eigenvalue weighted by Crippen LogP contribution is -2.56. The highest BCUT2D eigenvalue weighted by Crippen LogP contribution is 2.24. The number of aliphatic hydroxyl groups excluding tert-OH is 3. The van der Waals surface area contributed by atoms with E-state index in [9.17, 15) is 20.1 Å². The van der Waals surface area contributed by atoms with Crippen molar-refractivity contribution in [2.24, 2.45) is 5.73 Å². The number of ether oxygens (including phenoxy) is 7. The van der Waals surface area contributed by atoms with E-state index in [1.165, 1.54) is 0 Å². The highest BCUT2D eigenvalue weighted by atomic mass is 16.7. The Morgan fingerprint density at radius 1 is 1.02 bits per heavy atom. The van der Waals surface area contributed by atoms with Gasteiger partial charge in [-0.15, -0.1) is 0 Å². The van der Waals surface area contributed by atoms with Crippen LogP contribution in [0.1, 0.15) is 11.1 Å². The van der Waals surface area contributed by atoms with Crippen LogP contribution in [0.3, 0.4) is 0 Å². The van der Waals surface area contributed by atoms with Crippen molar-refractivity contribution in [1.82, 2.24) is 0 Å². The molecule has 0 amide bonds. The van der Waals surface area contributed by atoms with E-state index >= 15 is 0 Å². The molecule has 0 spiro atoms. The topological polar surface area (TPSA) is 168 Å². The first-order valence-electron chi connectivity index (χ1n) is 13.0. The molecule has 0 aliphatic carbocycles. The van der Waals surface area contributed by atoms with Crippen LogP contribution in [0.5, 0.6) is 0 Å². The lowest BCUT2D eigenvalue weighted by molar-refractivity contribution is -0.300. The van der Waals surface area contributed by atoms with Crippen molar-refractivity contribution in [1.29, 1.82) is 0 Å². The summed E-state index contributed by atoms with van der Waals surface area (Å²) < 4.78 is 39.0. The van der Waals surface area contributed by atoms with Crippen LogP contribution in [0.4, 0.5) is 0 Å². The second-order valence-electron chi connectivity index (χ2n) is 9.05. The number of methoxy groups -OCH3 is 1. The summed E-state index contributed by atoms with van der Waals surface area (Å²) in [4.78, 5) is 11.8. The summed E-state index contributed by atoms with van der Waals surface area (Å²) >= 11 is 0. The first kappa shape index (κ1) is 32.0. The molecule has 1 fully saturated rings. The second-order valence-corrected chi connectivity index (χ2v) is 9.05. The molecule has 0 aromatic heterocycles. The second kappa shape index (κ2) is 17.4. The number of benzene rings is 2. The predicted molar refractivity (Wildman–Crippen MR) is 141 cm³/mol. The normalized spacial score (nSPS) is 23.3. The Morgan fingerprint density at radius 3 is 2.23 bits per heavy atom. The quantitative estimate of drug-likeness (QED) is 0.151. The van der Waals surface area contributed by atoms with Crippen molar-refractivity contribution in [2.75, 3.05) is 40.1 Å². The summed E-state index contributed by atoms with van der Waals surface area (Å²) in [5, 5.41) is 31.3. The van der Waals surface area contributed by atoms with Gasteiger partial charge < -0.3 is 54.2 Å². The molecular formula is C28H39NO11. The average molecular weight is 566 g/mol. The van der Waals surface area contributed by atoms with Gasteiger partial charge in [-0.1, -0.05) is 60.7 Å². The van der Waals surface area contributed by atoms with Crippen molar-refractivity contribution >= 4 is 5.97 Å². The minimum atomic E-state index is -1.43. The van der Waals surface area contributed by atoms with Crippen LogP contribution in [-0.4, -0.2) is 104 Å². The number of nitrogens with two attached hydrogens (primary N) is 1. The van der Waals surface area contributed by atoms with Crippen molar-refractivity contribution in [2.45, 2.75) is 56.3 Å². The van der Waals surface area contributed by atoms with Crippen molar-refractivity contribution < 1.29 is 53.3 Å². The molecule has 12 heteroatoms. The Bertz CT molecular complexity index is 967. The molecule has 12 nitrogen and oxygen atoms in total. The maximum absolute atomic E-state index is 11.8. The van der Waals surface area contributed by atoms with Gasteiger partial charge >= 0.3 is 5.97 Å². The third-order valence-electron chi connectivity index (χ3n) is 6.07. The zero-order valence-corrected chi connectivity index (χ0v) is 22.4. The minimum absolute atomic E-state index is 0.000561. The first-order chi connectivity index (χ1) is 19.5. The highest BCUT2D eigenvalue weighted by Gasteiger charge is 2.42. The third-order valence-corrected chi connectivity index (χ3v) is 6.07. The number of carbonyl (C=O) groups excluding carboxylic acids is 1. The molecule has 7 atom stereocenters. The molecule has 7 unspecified atom stereocenters. The van der Waals surface area contributed by atoms with Gasteiger partial charge in [0.1, 0.15) is 24.4 Å². The van der Waals surface area contributed by atoms with E-state index in [1.54, 1.807) is 0 Å². The van der Waals surface area contributed by atoms with Gasteiger partial charge in [0.25, 0.3) is 0 Å². The molecule has 3 rings (SSSR count). The summed E-state index contributed by atoms with van der Waals surface area (Å²) in [6, 6.07) is 19.1. The smallest absolute Gasteiger partial charge is 0.337 e. The van der Waals surface area contributed by atoms with E-state index in [-0.39, 0.29) is 26.4 Å². The SMILES string of the molecule is COC(=O)C(CO)OC(OCCN)C(O)COC1OCC(OCc2ccccc2)C(OCc2ccccc2)C1O. The zero-order valence-electron chi connectivity index (χ0n) is 22.4. The average Bonchev–Trinajstić information content (AvgIpc) is 2.99. The van der Waals surface area contributed by atoms with Crippen LogP contribution in [-0.2, 0) is 51.2 Å². The molecule has 2 aromatic carbocycles. The molecule has 1 heterocycles. The van der Waals surface area contributed by atoms with E-state index in [0.29, 0.717) is 6.61 Å². The molecule has 0 saturated carbocycles. The van der Waals surface area contributed by atoms with E-state index in [4.69, 9.17) is 34.2 Å². The van der Waals surface area contributed by atoms with Crippen LogP contribution in [0.2, 0.25) is 0 Å². The van der Waals surface area contributed by atoms with Gasteiger partial charge in [-0.3, -0.25) is 0 Å². The lowest BCUT2D eigenvalue weighted by Gasteiger charge is -2.40. The maximum Gasteiger partial charge on any atom is 0.337 e. The summed E-state index contributed by atoms with van der Waals surface area (Å²) in [5.74, 6) is -0.844. The maximum atomic E-state index is 11.8. The number of hydrogen-bond acceptors (Lipinski definition) is 12. The molecular weight excluding hydrogens is 526 g/mol. The van der Waals surface area contributed by atoms with Crippen LogP contribution in [0, 0.1) is 0 Å². The van der Waals surface area contributed by atoms with E-state index in [1.807, 2.05) is 60.7 Å². The third kappa shape index (κ3) is 9.85. The fourth-order valence-electron chi connectivity index (χ4n) is 3.96. The summed E-state index contributed by atoms with van der Waals surface area (Å²) in [6.07, 6.45) is -8.05. The Hall–Kier alpha value is -2.49. The van der Waals surface area contributed by atoms with Gasteiger partial charge in [0.15, 0.2) is 18.7 Å². The number of rotatable bonds is 17. The number of hydrogen-bond donors (Lipinski definition) is 4. The lowest BCUT2D eigenvalue weighted by atomic mass is 10.0. The monoisotopic (exact) mass is 565 g/mol. The fourth-order valence-corrected chi connectivity index (χ4v) is 3.96. The first-order valence-corrected chi connectivity index (χ1v) is 13.0. The van der Waals surface area contributed by atoms with Crippen LogP contribution >= 0.6 is 0 Å². The summed E-state index contributed by atoms with van der Waals surface area (Å²) in [7, 11) is 1.14. The summed E-state index contributed by atoms with van der Waals surface area (Å²) in [5.41, 5.74) is 7.35. The molecule has 40 heavy (non-hydrogen) atoms. The fraction of sp³-hybridized carbons (Fsp3) is 0.536. The van der Waals surface area contributed by atoms with Gasteiger partial charge in [0, 0.05) is 6.54 Å². The minimum Gasteiger partial charge on any atom is -0.467 e. The van der Waals surface area contributed by atoms with Crippen LogP contribution in [0.15, 0.2) is 60.7 Å². The van der Waals surface area contributed by atoms with E-state index in [0.717, 1.165) is 18.2 Å². The van der Waals surface area contributed by atoms with Gasteiger partial charge in [0.2, 0.25) is 0 Å². The molecule has 2 aromatic rings. The van der Waals surface area contributed by atoms with E-state index in [2.05, 4.69) is 4.74 Å². The Labute approximate surface area is 233 Å². The Balaban J connectivity index is 1.63. The van der Waals surface area contributed by atoms with Crippen LogP contribution < -0.4 is 5.73 Å². The molecule has 222 valence electrons. The predicted octanol–water partition coefficient (Wildman–Crippen LogP) is 0.104. The zero-order chi connectivity index (χ0) is 28.7. The van der Waals surface area contributed by atoms with E-state index < -0.39 is 62.3 Å². The molecule has 1 saturated heterocycles.